The topological polar surface area (TPSA) is 224 Å². The quantitative estimate of drug-likeness (QED) is 0.147. The fourth-order valence-corrected chi connectivity index (χ4v) is 9.56. The molecule has 8 unspecified atom stereocenters. The first-order chi connectivity index (χ1) is 27.0. The van der Waals surface area contributed by atoms with Gasteiger partial charge in [-0.25, -0.2) is 14.4 Å². The van der Waals surface area contributed by atoms with Gasteiger partial charge < -0.3 is 49.4 Å². The van der Waals surface area contributed by atoms with Crippen LogP contribution in [0.25, 0.3) is 0 Å². The molecule has 58 heavy (non-hydrogen) atoms. The van der Waals surface area contributed by atoms with Crippen molar-refractivity contribution in [1.29, 1.82) is 0 Å². The van der Waals surface area contributed by atoms with Gasteiger partial charge in [0.2, 0.25) is 0 Å². The molecular formula is C43H53NO14. The lowest BCUT2D eigenvalue weighted by Crippen LogP contribution is -2.81. The monoisotopic (exact) mass is 807 g/mol. The molecule has 3 aliphatic carbocycles. The zero-order chi connectivity index (χ0) is 42.7. The Bertz CT molecular complexity index is 1980. The SMILES string of the molecule is CC(=O)O[C@@]12COC1CC(O)[C@@]1(C)C(=O)C(O)C3=C(C)C(OC(=O)C(O)C(NC(=O)OC(C)(C)C)c4ccccc4)C[C@](O)(C(OC(=O)c4ccccc4)C21)C3(C)C. The van der Waals surface area contributed by atoms with Crippen molar-refractivity contribution in [1.82, 2.24) is 5.32 Å². The molecule has 1 aliphatic heterocycles. The summed E-state index contributed by atoms with van der Waals surface area (Å²) in [4.78, 5) is 68.9. The molecule has 1 heterocycles. The first kappa shape index (κ1) is 42.9. The molecule has 1 amide bonds. The molecule has 314 valence electrons. The first-order valence-electron chi connectivity index (χ1n) is 19.3. The number of nitrogens with one attached hydrogen (secondary N) is 1. The average molecular weight is 808 g/mol. The number of aliphatic hydroxyl groups is 4. The van der Waals surface area contributed by atoms with Gasteiger partial charge >= 0.3 is 24.0 Å². The van der Waals surface area contributed by atoms with E-state index in [-0.39, 0.29) is 29.7 Å². The van der Waals surface area contributed by atoms with Crippen LogP contribution in [0.1, 0.15) is 90.2 Å². The number of hydrogen-bond acceptors (Lipinski definition) is 14. The highest BCUT2D eigenvalue weighted by atomic mass is 16.6. The van der Waals surface area contributed by atoms with E-state index in [2.05, 4.69) is 5.32 Å². The van der Waals surface area contributed by atoms with Crippen LogP contribution in [0.2, 0.25) is 0 Å². The number of Topliss-reactive ketones (excluding diaryl/α,β-unsaturated/α-hetero) is 1. The van der Waals surface area contributed by atoms with Crippen LogP contribution in [0, 0.1) is 16.7 Å². The fourth-order valence-electron chi connectivity index (χ4n) is 9.56. The van der Waals surface area contributed by atoms with Gasteiger partial charge in [0.05, 0.1) is 35.6 Å². The molecule has 2 saturated carbocycles. The Morgan fingerprint density at radius 2 is 1.55 bits per heavy atom. The van der Waals surface area contributed by atoms with Crippen LogP contribution in [0.15, 0.2) is 71.8 Å². The Morgan fingerprint density at radius 3 is 2.10 bits per heavy atom. The minimum absolute atomic E-state index is 0.0637. The summed E-state index contributed by atoms with van der Waals surface area (Å²) in [6.45, 7) is 11.8. The number of benzene rings is 2. The number of ketones is 1. The van der Waals surface area contributed by atoms with Crippen LogP contribution < -0.4 is 5.32 Å². The Kier molecular flexibility index (Phi) is 11.2. The van der Waals surface area contributed by atoms with E-state index in [4.69, 9.17) is 23.7 Å². The summed E-state index contributed by atoms with van der Waals surface area (Å²) in [5.74, 6) is -5.36. The molecule has 5 N–H and O–H groups in total. The summed E-state index contributed by atoms with van der Waals surface area (Å²) in [5, 5.41) is 51.6. The summed E-state index contributed by atoms with van der Waals surface area (Å²) in [6, 6.07) is 14.6. The van der Waals surface area contributed by atoms with Gasteiger partial charge in [-0.3, -0.25) is 9.59 Å². The Balaban J connectivity index is 1.49. The molecule has 4 aliphatic rings. The van der Waals surface area contributed by atoms with Crippen molar-refractivity contribution in [3.8, 4) is 0 Å². The largest absolute Gasteiger partial charge is 0.456 e. The maximum Gasteiger partial charge on any atom is 0.408 e. The molecule has 0 aromatic heterocycles. The van der Waals surface area contributed by atoms with E-state index in [0.717, 1.165) is 6.92 Å². The normalized spacial score (nSPS) is 33.7. The lowest BCUT2D eigenvalue weighted by Gasteiger charge is -2.67. The summed E-state index contributed by atoms with van der Waals surface area (Å²) in [7, 11) is 0. The van der Waals surface area contributed by atoms with Gasteiger partial charge in [-0.2, -0.15) is 0 Å². The lowest BCUT2D eigenvalue weighted by molar-refractivity contribution is -0.346. The Labute approximate surface area is 336 Å². The first-order valence-corrected chi connectivity index (χ1v) is 19.3. The zero-order valence-electron chi connectivity index (χ0n) is 33.9. The molecule has 11 atom stereocenters. The highest BCUT2D eigenvalue weighted by Gasteiger charge is 2.78. The van der Waals surface area contributed by atoms with Crippen LogP contribution in [0.4, 0.5) is 4.79 Å². The van der Waals surface area contributed by atoms with Crippen LogP contribution in [0.3, 0.4) is 0 Å². The van der Waals surface area contributed by atoms with E-state index in [9.17, 15) is 44.4 Å². The van der Waals surface area contributed by atoms with Crippen molar-refractivity contribution in [2.24, 2.45) is 16.7 Å². The average Bonchev–Trinajstić information content (AvgIpc) is 3.14. The van der Waals surface area contributed by atoms with E-state index in [0.29, 0.717) is 5.56 Å². The number of carbonyl (C=O) groups is 5. The third-order valence-electron chi connectivity index (χ3n) is 12.6. The molecule has 2 aromatic carbocycles. The number of amides is 1. The predicted molar refractivity (Wildman–Crippen MR) is 204 cm³/mol. The molecule has 15 heteroatoms. The smallest absolute Gasteiger partial charge is 0.408 e. The maximum atomic E-state index is 14.9. The van der Waals surface area contributed by atoms with Crippen molar-refractivity contribution >= 4 is 29.8 Å². The number of alkyl carbamates (subject to hydrolysis) is 1. The number of ether oxygens (including phenoxy) is 5. The van der Waals surface area contributed by atoms with Crippen molar-refractivity contribution in [3.05, 3.63) is 82.9 Å². The van der Waals surface area contributed by atoms with E-state index >= 15 is 0 Å². The molecule has 15 nitrogen and oxygen atoms in total. The third-order valence-corrected chi connectivity index (χ3v) is 12.6. The van der Waals surface area contributed by atoms with Crippen molar-refractivity contribution in [2.45, 2.75) is 128 Å². The van der Waals surface area contributed by atoms with Crippen molar-refractivity contribution in [2.75, 3.05) is 6.61 Å². The van der Waals surface area contributed by atoms with E-state index in [1.54, 1.807) is 83.1 Å². The van der Waals surface area contributed by atoms with Gasteiger partial charge in [0.25, 0.3) is 0 Å². The van der Waals surface area contributed by atoms with Crippen molar-refractivity contribution in [3.63, 3.8) is 0 Å². The number of aliphatic hydroxyl groups excluding tert-OH is 3. The number of rotatable bonds is 8. The molecule has 2 aromatic rings. The maximum absolute atomic E-state index is 14.9. The van der Waals surface area contributed by atoms with Crippen LogP contribution >= 0.6 is 0 Å². The summed E-state index contributed by atoms with van der Waals surface area (Å²) >= 11 is 0. The summed E-state index contributed by atoms with van der Waals surface area (Å²) < 4.78 is 29.5. The second kappa shape index (κ2) is 15.2. The van der Waals surface area contributed by atoms with Gasteiger partial charge in [0.15, 0.2) is 17.5 Å². The Morgan fingerprint density at radius 1 is 0.948 bits per heavy atom. The zero-order valence-corrected chi connectivity index (χ0v) is 33.9. The number of esters is 3. The molecule has 2 bridgehead atoms. The van der Waals surface area contributed by atoms with Gasteiger partial charge in [0, 0.05) is 25.2 Å². The Hall–Kier alpha value is -4.67. The predicted octanol–water partition coefficient (Wildman–Crippen LogP) is 3.26. The van der Waals surface area contributed by atoms with Crippen LogP contribution in [-0.2, 0) is 38.1 Å². The molecular weight excluding hydrogens is 754 g/mol. The lowest BCUT2D eigenvalue weighted by atomic mass is 9.44. The molecule has 0 radical (unpaired) electrons. The second-order valence-electron chi connectivity index (χ2n) is 17.6. The second-order valence-corrected chi connectivity index (χ2v) is 17.6. The van der Waals surface area contributed by atoms with Gasteiger partial charge in [-0.05, 0) is 63.5 Å². The molecule has 3 fully saturated rings. The van der Waals surface area contributed by atoms with Crippen LogP contribution in [0.5, 0.6) is 0 Å². The molecule has 6 rings (SSSR count). The van der Waals surface area contributed by atoms with Crippen LogP contribution in [-0.4, -0.2) is 110 Å². The minimum Gasteiger partial charge on any atom is -0.456 e. The van der Waals surface area contributed by atoms with Gasteiger partial charge in [-0.1, -0.05) is 62.4 Å². The van der Waals surface area contributed by atoms with Gasteiger partial charge in [0.1, 0.15) is 35.6 Å². The number of fused-ring (bicyclic) bond motifs is 5. The van der Waals surface area contributed by atoms with E-state index in [1.807, 2.05) is 0 Å². The summed E-state index contributed by atoms with van der Waals surface area (Å²) in [5.41, 5.74) is -8.14. The number of carbonyl (C=O) groups excluding carboxylic acids is 5. The van der Waals surface area contributed by atoms with E-state index < -0.39 is 112 Å². The summed E-state index contributed by atoms with van der Waals surface area (Å²) in [6.07, 6.45) is -11.5. The van der Waals surface area contributed by atoms with Gasteiger partial charge in [-0.15, -0.1) is 0 Å². The minimum atomic E-state index is -2.35. The van der Waals surface area contributed by atoms with Crippen molar-refractivity contribution < 1.29 is 68.1 Å². The molecule has 1 saturated heterocycles. The third kappa shape index (κ3) is 7.10. The fraction of sp³-hybridized carbons (Fsp3) is 0.558. The highest BCUT2D eigenvalue weighted by molar-refractivity contribution is 5.94. The van der Waals surface area contributed by atoms with E-state index in [1.165, 1.54) is 26.0 Å². The standard InChI is InChI=1S/C43H53NO14/c1-22-26(55-37(51)32(48)30(24-15-11-9-12-16-24)44-38(52)58-39(3,4)5)20-43(53)35(56-36(50)25-17-13-10-14-18-25)33-41(8,34(49)31(47)29(22)40(43,6)7)27(46)19-28-42(33,21-54-28)57-23(2)45/h9-18,26-28,30-33,35,46-48,53H,19-21H2,1-8H3,(H,44,52)/t26?,27?,28?,30?,31?,32?,33?,35?,41-,42+,43+/m1/s1. The number of hydrogen-bond donors (Lipinski definition) is 5. The molecule has 0 spiro atoms. The highest BCUT2D eigenvalue weighted by Crippen LogP contribution is 2.64.